The molecule has 0 radical (unpaired) electrons. The van der Waals surface area contributed by atoms with Gasteiger partial charge in [0.05, 0.1) is 0 Å². The van der Waals surface area contributed by atoms with Crippen LogP contribution in [0, 0.1) is 0 Å². The van der Waals surface area contributed by atoms with Crippen LogP contribution >= 0.6 is 0 Å². The van der Waals surface area contributed by atoms with E-state index in [1.165, 1.54) is 12.0 Å². The number of rotatable bonds is 1. The molecule has 0 aliphatic carbocycles. The lowest BCUT2D eigenvalue weighted by atomic mass is 10.0. The van der Waals surface area contributed by atoms with Crippen LogP contribution in [-0.2, 0) is 14.3 Å². The molecule has 2 atom stereocenters. The molecule has 0 unspecified atom stereocenters. The summed E-state index contributed by atoms with van der Waals surface area (Å²) >= 11 is 0. The van der Waals surface area contributed by atoms with Crippen molar-refractivity contribution in [3.8, 4) is 0 Å². The standard InChI is InChI=1S/C8H11NO4/c1-12-7-3-2-6(10)5-4-13-8(11)9(5)7/h5,7H,2-4H2,1H3/t5-,7-/m0/s1. The molecule has 0 aromatic carbocycles. The van der Waals surface area contributed by atoms with Gasteiger partial charge >= 0.3 is 6.09 Å². The zero-order valence-corrected chi connectivity index (χ0v) is 7.36. The van der Waals surface area contributed by atoms with Gasteiger partial charge in [-0.25, -0.2) is 4.79 Å². The lowest BCUT2D eigenvalue weighted by Gasteiger charge is -2.32. The molecular weight excluding hydrogens is 174 g/mol. The van der Waals surface area contributed by atoms with Crippen LogP contribution in [0.1, 0.15) is 12.8 Å². The normalized spacial score (nSPS) is 33.2. The zero-order valence-electron chi connectivity index (χ0n) is 7.36. The van der Waals surface area contributed by atoms with E-state index in [1.54, 1.807) is 0 Å². The van der Waals surface area contributed by atoms with E-state index in [-0.39, 0.29) is 18.6 Å². The van der Waals surface area contributed by atoms with Crippen molar-refractivity contribution in [2.24, 2.45) is 0 Å². The van der Waals surface area contributed by atoms with Crippen LogP contribution < -0.4 is 0 Å². The number of hydrogen-bond donors (Lipinski definition) is 0. The van der Waals surface area contributed by atoms with Gasteiger partial charge in [0.1, 0.15) is 18.9 Å². The maximum atomic E-state index is 11.4. The Labute approximate surface area is 75.6 Å². The molecule has 13 heavy (non-hydrogen) atoms. The second-order valence-electron chi connectivity index (χ2n) is 3.20. The van der Waals surface area contributed by atoms with Crippen LogP contribution in [0.15, 0.2) is 0 Å². The van der Waals surface area contributed by atoms with Crippen molar-refractivity contribution < 1.29 is 19.1 Å². The summed E-state index contributed by atoms with van der Waals surface area (Å²) in [5, 5.41) is 0. The number of piperidine rings is 1. The molecule has 2 aliphatic heterocycles. The van der Waals surface area contributed by atoms with Gasteiger partial charge in [-0.15, -0.1) is 0 Å². The number of carbonyl (C=O) groups excluding carboxylic acids is 2. The highest BCUT2D eigenvalue weighted by Gasteiger charge is 2.45. The Bertz CT molecular complexity index is 253. The molecule has 5 heteroatoms. The summed E-state index contributed by atoms with van der Waals surface area (Å²) in [5.74, 6) is 0.0687. The van der Waals surface area contributed by atoms with Crippen LogP contribution in [0.25, 0.3) is 0 Å². The molecule has 2 fully saturated rings. The number of hydrogen-bond acceptors (Lipinski definition) is 4. The fraction of sp³-hybridized carbons (Fsp3) is 0.750. The summed E-state index contributed by atoms with van der Waals surface area (Å²) < 4.78 is 9.89. The van der Waals surface area contributed by atoms with Gasteiger partial charge in [0, 0.05) is 13.5 Å². The summed E-state index contributed by atoms with van der Waals surface area (Å²) in [6.07, 6.45) is 0.305. The van der Waals surface area contributed by atoms with Crippen molar-refractivity contribution in [2.75, 3.05) is 13.7 Å². The van der Waals surface area contributed by atoms with Crippen LogP contribution in [0.2, 0.25) is 0 Å². The lowest BCUT2D eigenvalue weighted by molar-refractivity contribution is -0.133. The SMILES string of the molecule is CO[C@H]1CCC(=O)[C@@H]2COC(=O)N12. The molecule has 72 valence electrons. The largest absolute Gasteiger partial charge is 0.447 e. The molecule has 2 aliphatic rings. The molecule has 1 amide bonds. The average molecular weight is 185 g/mol. The van der Waals surface area contributed by atoms with Gasteiger partial charge in [0.25, 0.3) is 0 Å². The smallest absolute Gasteiger partial charge is 0.412 e. The van der Waals surface area contributed by atoms with Crippen LogP contribution in [0.4, 0.5) is 4.79 Å². The predicted molar refractivity (Wildman–Crippen MR) is 42.0 cm³/mol. The van der Waals surface area contributed by atoms with E-state index in [4.69, 9.17) is 9.47 Å². The van der Waals surface area contributed by atoms with Gasteiger partial charge < -0.3 is 9.47 Å². The summed E-state index contributed by atoms with van der Waals surface area (Å²) in [6.45, 7) is 0.178. The van der Waals surface area contributed by atoms with Crippen molar-refractivity contribution in [1.82, 2.24) is 4.90 Å². The Hall–Kier alpha value is -1.10. The highest BCUT2D eigenvalue weighted by Crippen LogP contribution is 2.26. The fourth-order valence-electron chi connectivity index (χ4n) is 1.80. The molecule has 0 aromatic heterocycles. The molecule has 2 rings (SSSR count). The third-order valence-corrected chi connectivity index (χ3v) is 2.50. The summed E-state index contributed by atoms with van der Waals surface area (Å²) in [7, 11) is 1.53. The highest BCUT2D eigenvalue weighted by molar-refractivity contribution is 5.90. The number of Topliss-reactive ketones (excluding diaryl/α,β-unsaturated/α-hetero) is 1. The third kappa shape index (κ3) is 1.19. The molecule has 5 nitrogen and oxygen atoms in total. The number of carbonyl (C=O) groups is 2. The van der Waals surface area contributed by atoms with Crippen molar-refractivity contribution >= 4 is 11.9 Å². The minimum atomic E-state index is -0.440. The van der Waals surface area contributed by atoms with E-state index in [0.717, 1.165) is 0 Å². The Balaban J connectivity index is 2.21. The van der Waals surface area contributed by atoms with E-state index < -0.39 is 12.1 Å². The second-order valence-corrected chi connectivity index (χ2v) is 3.20. The minimum absolute atomic E-state index is 0.0687. The van der Waals surface area contributed by atoms with Crippen molar-refractivity contribution in [2.45, 2.75) is 25.1 Å². The van der Waals surface area contributed by atoms with E-state index in [2.05, 4.69) is 0 Å². The maximum absolute atomic E-state index is 11.4. The fourth-order valence-corrected chi connectivity index (χ4v) is 1.80. The van der Waals surface area contributed by atoms with Gasteiger partial charge in [-0.3, -0.25) is 9.69 Å². The Morgan fingerprint density at radius 1 is 1.54 bits per heavy atom. The topological polar surface area (TPSA) is 55.8 Å². The number of cyclic esters (lactones) is 1. The van der Waals surface area contributed by atoms with Crippen LogP contribution in [0.3, 0.4) is 0 Å². The van der Waals surface area contributed by atoms with Crippen molar-refractivity contribution in [1.29, 1.82) is 0 Å². The average Bonchev–Trinajstić information content (AvgIpc) is 2.51. The molecular formula is C8H11NO4. The van der Waals surface area contributed by atoms with Crippen LogP contribution in [0.5, 0.6) is 0 Å². The second kappa shape index (κ2) is 2.99. The first kappa shape index (κ1) is 8.50. The molecule has 0 saturated carbocycles. The number of ketones is 1. The van der Waals surface area contributed by atoms with Crippen LogP contribution in [-0.4, -0.2) is 42.8 Å². The first-order valence-electron chi connectivity index (χ1n) is 4.24. The van der Waals surface area contributed by atoms with Gasteiger partial charge in [-0.05, 0) is 6.42 Å². The van der Waals surface area contributed by atoms with Gasteiger partial charge in [-0.2, -0.15) is 0 Å². The van der Waals surface area contributed by atoms with Crippen molar-refractivity contribution in [3.63, 3.8) is 0 Å². The molecule has 2 saturated heterocycles. The summed E-state index contributed by atoms with van der Waals surface area (Å²) in [4.78, 5) is 23.9. The summed E-state index contributed by atoms with van der Waals surface area (Å²) in [5.41, 5.74) is 0. The number of methoxy groups -OCH3 is 1. The molecule has 0 spiro atoms. The predicted octanol–water partition coefficient (Wildman–Crippen LogP) is 0.143. The summed E-state index contributed by atoms with van der Waals surface area (Å²) in [6, 6.07) is -0.411. The third-order valence-electron chi connectivity index (χ3n) is 2.50. The molecule has 0 aromatic rings. The number of ether oxygens (including phenoxy) is 2. The van der Waals surface area contributed by atoms with Crippen molar-refractivity contribution in [3.05, 3.63) is 0 Å². The van der Waals surface area contributed by atoms with E-state index in [9.17, 15) is 9.59 Å². The maximum Gasteiger partial charge on any atom is 0.412 e. The Morgan fingerprint density at radius 3 is 3.00 bits per heavy atom. The Kier molecular flexibility index (Phi) is 1.95. The van der Waals surface area contributed by atoms with E-state index in [0.29, 0.717) is 12.8 Å². The molecule has 2 heterocycles. The number of nitrogens with zero attached hydrogens (tertiary/aromatic N) is 1. The van der Waals surface area contributed by atoms with Gasteiger partial charge in [0.2, 0.25) is 0 Å². The lowest BCUT2D eigenvalue weighted by Crippen LogP contribution is -2.50. The first-order chi connectivity index (χ1) is 6.24. The molecule has 0 bridgehead atoms. The quantitative estimate of drug-likeness (QED) is 0.583. The highest BCUT2D eigenvalue weighted by atomic mass is 16.6. The Morgan fingerprint density at radius 2 is 2.31 bits per heavy atom. The van der Waals surface area contributed by atoms with E-state index in [1.807, 2.05) is 0 Å². The van der Waals surface area contributed by atoms with Gasteiger partial charge in [-0.1, -0.05) is 0 Å². The zero-order chi connectivity index (χ0) is 9.42. The first-order valence-corrected chi connectivity index (χ1v) is 4.24. The van der Waals surface area contributed by atoms with Gasteiger partial charge in [0.15, 0.2) is 5.78 Å². The monoisotopic (exact) mass is 185 g/mol. The number of fused-ring (bicyclic) bond motifs is 1. The number of amides is 1. The van der Waals surface area contributed by atoms with E-state index >= 15 is 0 Å². The minimum Gasteiger partial charge on any atom is -0.447 e. The molecule has 0 N–H and O–H groups in total.